The molecule has 2 aromatic carbocycles. The molecule has 0 aliphatic rings. The molecule has 0 aliphatic heterocycles. The molecule has 0 unspecified atom stereocenters. The highest BCUT2D eigenvalue weighted by Gasteiger charge is 2.12. The van der Waals surface area contributed by atoms with Gasteiger partial charge in [-0.2, -0.15) is 0 Å². The van der Waals surface area contributed by atoms with E-state index in [2.05, 4.69) is 20.9 Å². The van der Waals surface area contributed by atoms with Crippen molar-refractivity contribution < 1.29 is 9.13 Å². The van der Waals surface area contributed by atoms with Crippen molar-refractivity contribution in [2.45, 2.75) is 6.54 Å². The lowest BCUT2D eigenvalue weighted by Crippen LogP contribution is -2.00. The van der Waals surface area contributed by atoms with Crippen LogP contribution in [0.25, 0.3) is 10.9 Å². The third-order valence-electron chi connectivity index (χ3n) is 3.14. The number of ether oxygens (including phenoxy) is 1. The molecule has 0 fully saturated rings. The van der Waals surface area contributed by atoms with Crippen LogP contribution in [0.2, 0.25) is 0 Å². The number of hydrogen-bond acceptors (Lipinski definition) is 3. The van der Waals surface area contributed by atoms with Crippen molar-refractivity contribution in [1.82, 2.24) is 4.98 Å². The predicted octanol–water partition coefficient (Wildman–Crippen LogP) is 4.39. The van der Waals surface area contributed by atoms with E-state index in [4.69, 9.17) is 10.5 Å². The molecule has 0 amide bonds. The number of nitrogens with two attached hydrogens (primary N) is 1. The Morgan fingerprint density at radius 1 is 1.19 bits per heavy atom. The monoisotopic (exact) mass is 346 g/mol. The molecule has 3 nitrogen and oxygen atoms in total. The Morgan fingerprint density at radius 3 is 2.81 bits per heavy atom. The Kier molecular flexibility index (Phi) is 3.86. The maximum absolute atomic E-state index is 14.2. The molecular formula is C16H12BrFN2O. The summed E-state index contributed by atoms with van der Waals surface area (Å²) >= 11 is 3.19. The van der Waals surface area contributed by atoms with Gasteiger partial charge in [-0.3, -0.25) is 4.98 Å². The third-order valence-corrected chi connectivity index (χ3v) is 4.00. The zero-order chi connectivity index (χ0) is 14.8. The van der Waals surface area contributed by atoms with Crippen LogP contribution in [0.15, 0.2) is 53.1 Å². The van der Waals surface area contributed by atoms with Gasteiger partial charge in [0.25, 0.3) is 0 Å². The number of nitrogens with zero attached hydrogens (tertiary/aromatic N) is 1. The third kappa shape index (κ3) is 2.75. The number of benzene rings is 2. The Labute approximate surface area is 129 Å². The molecule has 3 rings (SSSR count). The molecular weight excluding hydrogens is 335 g/mol. The van der Waals surface area contributed by atoms with Crippen molar-refractivity contribution in [2.24, 2.45) is 5.73 Å². The van der Waals surface area contributed by atoms with Crippen LogP contribution in [-0.2, 0) is 6.54 Å². The van der Waals surface area contributed by atoms with Gasteiger partial charge in [-0.25, -0.2) is 4.39 Å². The second-order valence-corrected chi connectivity index (χ2v) is 5.31. The minimum Gasteiger partial charge on any atom is -0.453 e. The van der Waals surface area contributed by atoms with E-state index in [0.29, 0.717) is 15.8 Å². The van der Waals surface area contributed by atoms with Gasteiger partial charge in [-0.15, -0.1) is 0 Å². The Balaban J connectivity index is 1.96. The van der Waals surface area contributed by atoms with Crippen LogP contribution in [0, 0.1) is 5.82 Å². The lowest BCUT2D eigenvalue weighted by Gasteiger charge is -2.10. The molecule has 1 aromatic heterocycles. The Morgan fingerprint density at radius 2 is 2.00 bits per heavy atom. The molecule has 0 atom stereocenters. The van der Waals surface area contributed by atoms with Crippen LogP contribution >= 0.6 is 15.9 Å². The SMILES string of the molecule is NCc1ccc(Oc2cnc3ccccc3c2)c(F)c1Br. The molecule has 0 saturated carbocycles. The van der Waals surface area contributed by atoms with Gasteiger partial charge in [0.1, 0.15) is 5.75 Å². The topological polar surface area (TPSA) is 48.1 Å². The smallest absolute Gasteiger partial charge is 0.180 e. The number of pyridine rings is 1. The molecule has 0 bridgehead atoms. The summed E-state index contributed by atoms with van der Waals surface area (Å²) in [6.45, 7) is 0.259. The first-order valence-electron chi connectivity index (χ1n) is 6.38. The van der Waals surface area contributed by atoms with Crippen molar-refractivity contribution in [3.63, 3.8) is 0 Å². The lowest BCUT2D eigenvalue weighted by molar-refractivity contribution is 0.439. The van der Waals surface area contributed by atoms with E-state index < -0.39 is 5.82 Å². The Hall–Kier alpha value is -1.98. The number of halogens is 2. The minimum atomic E-state index is -0.467. The van der Waals surface area contributed by atoms with E-state index in [1.54, 1.807) is 18.3 Å². The zero-order valence-electron chi connectivity index (χ0n) is 11.0. The first-order chi connectivity index (χ1) is 10.2. The van der Waals surface area contributed by atoms with Gasteiger partial charge < -0.3 is 10.5 Å². The van der Waals surface area contributed by atoms with Crippen LogP contribution in [0.4, 0.5) is 4.39 Å². The second kappa shape index (κ2) is 5.79. The molecule has 2 N–H and O–H groups in total. The minimum absolute atomic E-state index is 0.135. The van der Waals surface area contributed by atoms with Gasteiger partial charge >= 0.3 is 0 Å². The van der Waals surface area contributed by atoms with Gasteiger partial charge in [0, 0.05) is 11.9 Å². The molecule has 0 saturated heterocycles. The van der Waals surface area contributed by atoms with Crippen molar-refractivity contribution in [3.05, 3.63) is 64.5 Å². The number of hydrogen-bond donors (Lipinski definition) is 1. The average molecular weight is 347 g/mol. The molecule has 0 aliphatic carbocycles. The van der Waals surface area contributed by atoms with Crippen molar-refractivity contribution in [3.8, 4) is 11.5 Å². The van der Waals surface area contributed by atoms with E-state index in [1.165, 1.54) is 0 Å². The van der Waals surface area contributed by atoms with Crippen molar-refractivity contribution >= 4 is 26.8 Å². The fourth-order valence-electron chi connectivity index (χ4n) is 2.04. The van der Waals surface area contributed by atoms with Gasteiger partial charge in [0.15, 0.2) is 11.6 Å². The molecule has 21 heavy (non-hydrogen) atoms. The van der Waals surface area contributed by atoms with Gasteiger partial charge in [-0.05, 0) is 39.7 Å². The van der Waals surface area contributed by atoms with Gasteiger partial charge in [0.2, 0.25) is 0 Å². The normalized spacial score (nSPS) is 10.8. The van der Waals surface area contributed by atoms with Crippen LogP contribution in [-0.4, -0.2) is 4.98 Å². The first-order valence-corrected chi connectivity index (χ1v) is 7.18. The van der Waals surface area contributed by atoms with Crippen LogP contribution in [0.5, 0.6) is 11.5 Å². The summed E-state index contributed by atoms with van der Waals surface area (Å²) in [5.74, 6) is 0.155. The fourth-order valence-corrected chi connectivity index (χ4v) is 2.53. The van der Waals surface area contributed by atoms with Crippen LogP contribution in [0.3, 0.4) is 0 Å². The molecule has 0 radical (unpaired) electrons. The molecule has 1 heterocycles. The highest BCUT2D eigenvalue weighted by Crippen LogP contribution is 2.32. The van der Waals surface area contributed by atoms with Crippen LogP contribution < -0.4 is 10.5 Å². The maximum Gasteiger partial charge on any atom is 0.180 e. The Bertz CT molecular complexity index is 807. The molecule has 0 spiro atoms. The first kappa shape index (κ1) is 14.0. The van der Waals surface area contributed by atoms with Gasteiger partial charge in [-0.1, -0.05) is 24.3 Å². The van der Waals surface area contributed by atoms with E-state index in [1.807, 2.05) is 30.3 Å². The van der Waals surface area contributed by atoms with E-state index in [0.717, 1.165) is 10.9 Å². The van der Waals surface area contributed by atoms with Crippen LogP contribution in [0.1, 0.15) is 5.56 Å². The summed E-state index contributed by atoms with van der Waals surface area (Å²) < 4.78 is 20.1. The summed E-state index contributed by atoms with van der Waals surface area (Å²) in [7, 11) is 0. The number of fused-ring (bicyclic) bond motifs is 1. The molecule has 106 valence electrons. The van der Waals surface area contributed by atoms with Crippen molar-refractivity contribution in [1.29, 1.82) is 0 Å². The largest absolute Gasteiger partial charge is 0.453 e. The standard InChI is InChI=1S/C16H12BrFN2O/c17-15-11(8-19)5-6-14(16(15)18)21-12-7-10-3-1-2-4-13(10)20-9-12/h1-7,9H,8,19H2. The van der Waals surface area contributed by atoms with E-state index in [9.17, 15) is 4.39 Å². The second-order valence-electron chi connectivity index (χ2n) is 4.52. The zero-order valence-corrected chi connectivity index (χ0v) is 12.6. The van der Waals surface area contributed by atoms with E-state index >= 15 is 0 Å². The van der Waals surface area contributed by atoms with Gasteiger partial charge in [0.05, 0.1) is 16.2 Å². The number of para-hydroxylation sites is 1. The highest BCUT2D eigenvalue weighted by molar-refractivity contribution is 9.10. The summed E-state index contributed by atoms with van der Waals surface area (Å²) in [4.78, 5) is 4.28. The summed E-state index contributed by atoms with van der Waals surface area (Å²) in [6, 6.07) is 12.8. The quantitative estimate of drug-likeness (QED) is 0.765. The summed E-state index contributed by atoms with van der Waals surface area (Å²) in [5, 5.41) is 0.938. The number of rotatable bonds is 3. The number of aromatic nitrogens is 1. The highest BCUT2D eigenvalue weighted by atomic mass is 79.9. The predicted molar refractivity (Wildman–Crippen MR) is 83.8 cm³/mol. The molecule has 5 heteroatoms. The lowest BCUT2D eigenvalue weighted by atomic mass is 10.2. The fraction of sp³-hybridized carbons (Fsp3) is 0.0625. The van der Waals surface area contributed by atoms with Crippen molar-refractivity contribution in [2.75, 3.05) is 0 Å². The van der Waals surface area contributed by atoms with E-state index in [-0.39, 0.29) is 12.3 Å². The summed E-state index contributed by atoms with van der Waals surface area (Å²) in [6.07, 6.45) is 1.58. The maximum atomic E-state index is 14.2. The molecule has 3 aromatic rings. The average Bonchev–Trinajstić information content (AvgIpc) is 2.52. The summed E-state index contributed by atoms with van der Waals surface area (Å²) in [5.41, 5.74) is 7.09.